The Balaban J connectivity index is 1.65. The zero-order valence-corrected chi connectivity index (χ0v) is 18.7. The van der Waals surface area contributed by atoms with Gasteiger partial charge < -0.3 is 19.5 Å². The van der Waals surface area contributed by atoms with Crippen LogP contribution >= 0.6 is 0 Å². The highest BCUT2D eigenvalue weighted by Gasteiger charge is 2.31. The van der Waals surface area contributed by atoms with E-state index in [1.807, 2.05) is 0 Å². The summed E-state index contributed by atoms with van der Waals surface area (Å²) in [6.07, 6.45) is -1.12. The predicted molar refractivity (Wildman–Crippen MR) is 116 cm³/mol. The second-order valence-corrected chi connectivity index (χ2v) is 8.54. The minimum absolute atomic E-state index is 0.0486. The SMILES string of the molecule is COc1ccc(NC(=O)C(C)OC(=O)[C@H](C)N=C2NS(=O)(=O)c3ccccc32)cc1OC. The third kappa shape index (κ3) is 4.83. The van der Waals surface area contributed by atoms with Crippen molar-refractivity contribution in [1.29, 1.82) is 0 Å². The van der Waals surface area contributed by atoms with Gasteiger partial charge in [0, 0.05) is 17.3 Å². The molecule has 0 aromatic heterocycles. The van der Waals surface area contributed by atoms with E-state index < -0.39 is 34.0 Å². The summed E-state index contributed by atoms with van der Waals surface area (Å²) in [7, 11) is -0.755. The third-order valence-corrected chi connectivity index (χ3v) is 6.04. The average Bonchev–Trinajstić information content (AvgIpc) is 3.03. The fraction of sp³-hybridized carbons (Fsp3) is 0.286. The molecule has 1 heterocycles. The lowest BCUT2D eigenvalue weighted by Crippen LogP contribution is -2.33. The minimum atomic E-state index is -3.72. The Bertz CT molecular complexity index is 1180. The van der Waals surface area contributed by atoms with Gasteiger partial charge in [0.1, 0.15) is 11.9 Å². The molecule has 0 bridgehead atoms. The summed E-state index contributed by atoms with van der Waals surface area (Å²) >= 11 is 0. The van der Waals surface area contributed by atoms with Crippen LogP contribution in [0.5, 0.6) is 11.5 Å². The topological polar surface area (TPSA) is 132 Å². The predicted octanol–water partition coefficient (Wildman–Crippen LogP) is 1.70. The Hall–Kier alpha value is -3.60. The molecule has 10 nitrogen and oxygen atoms in total. The molecule has 0 spiro atoms. The number of amidine groups is 1. The van der Waals surface area contributed by atoms with E-state index in [0.29, 0.717) is 22.7 Å². The number of carbonyl (C=O) groups excluding carboxylic acids is 2. The van der Waals surface area contributed by atoms with Crippen LogP contribution < -0.4 is 19.5 Å². The highest BCUT2D eigenvalue weighted by molar-refractivity contribution is 7.90. The second kappa shape index (κ2) is 9.27. The summed E-state index contributed by atoms with van der Waals surface area (Å²) in [6, 6.07) is 10.1. The normalized spacial score (nSPS) is 16.9. The van der Waals surface area contributed by atoms with Crippen molar-refractivity contribution in [1.82, 2.24) is 4.72 Å². The van der Waals surface area contributed by atoms with Gasteiger partial charge in [-0.3, -0.25) is 14.5 Å². The van der Waals surface area contributed by atoms with Gasteiger partial charge in [-0.25, -0.2) is 13.2 Å². The molecule has 32 heavy (non-hydrogen) atoms. The maximum atomic E-state index is 12.4. The van der Waals surface area contributed by atoms with Gasteiger partial charge in [-0.15, -0.1) is 0 Å². The van der Waals surface area contributed by atoms with Crippen LogP contribution in [0.4, 0.5) is 5.69 Å². The fourth-order valence-electron chi connectivity index (χ4n) is 2.96. The van der Waals surface area contributed by atoms with Gasteiger partial charge in [-0.1, -0.05) is 12.1 Å². The summed E-state index contributed by atoms with van der Waals surface area (Å²) in [5.41, 5.74) is 0.798. The van der Waals surface area contributed by atoms with Gasteiger partial charge in [-0.2, -0.15) is 0 Å². The zero-order valence-electron chi connectivity index (χ0n) is 17.9. The highest BCUT2D eigenvalue weighted by atomic mass is 32.2. The largest absolute Gasteiger partial charge is 0.493 e. The lowest BCUT2D eigenvalue weighted by Gasteiger charge is -2.16. The Morgan fingerprint density at radius 3 is 2.41 bits per heavy atom. The number of fused-ring (bicyclic) bond motifs is 1. The second-order valence-electron chi connectivity index (χ2n) is 6.89. The maximum Gasteiger partial charge on any atom is 0.331 e. The molecular weight excluding hydrogens is 438 g/mol. The molecular formula is C21H23N3O7S. The minimum Gasteiger partial charge on any atom is -0.493 e. The molecule has 1 aliphatic rings. The molecule has 3 rings (SSSR count). The molecule has 2 N–H and O–H groups in total. The monoisotopic (exact) mass is 461 g/mol. The van der Waals surface area contributed by atoms with Crippen LogP contribution in [-0.4, -0.2) is 52.5 Å². The molecule has 0 fully saturated rings. The maximum absolute atomic E-state index is 12.4. The summed E-state index contributed by atoms with van der Waals surface area (Å²) in [4.78, 5) is 29.1. The van der Waals surface area contributed by atoms with Crippen molar-refractivity contribution >= 4 is 33.4 Å². The van der Waals surface area contributed by atoms with E-state index in [0.717, 1.165) is 0 Å². The first-order valence-corrected chi connectivity index (χ1v) is 11.1. The van der Waals surface area contributed by atoms with Gasteiger partial charge in [0.15, 0.2) is 17.6 Å². The number of methoxy groups -OCH3 is 2. The van der Waals surface area contributed by atoms with Crippen LogP contribution in [0.2, 0.25) is 0 Å². The van der Waals surface area contributed by atoms with E-state index >= 15 is 0 Å². The first-order valence-electron chi connectivity index (χ1n) is 9.59. The molecule has 11 heteroatoms. The number of ether oxygens (including phenoxy) is 3. The van der Waals surface area contributed by atoms with E-state index in [1.54, 1.807) is 36.4 Å². The van der Waals surface area contributed by atoms with E-state index in [-0.39, 0.29) is 10.7 Å². The Labute approximate surface area is 185 Å². The number of carbonyl (C=O) groups is 2. The number of amides is 1. The Morgan fingerprint density at radius 1 is 1.03 bits per heavy atom. The van der Waals surface area contributed by atoms with Crippen molar-refractivity contribution in [2.75, 3.05) is 19.5 Å². The molecule has 2 aromatic carbocycles. The molecule has 2 aromatic rings. The van der Waals surface area contributed by atoms with Crippen LogP contribution in [-0.2, 0) is 24.3 Å². The first-order chi connectivity index (χ1) is 15.2. The number of hydrogen-bond acceptors (Lipinski definition) is 8. The van der Waals surface area contributed by atoms with Crippen molar-refractivity contribution in [3.8, 4) is 11.5 Å². The van der Waals surface area contributed by atoms with Crippen LogP contribution in [0.1, 0.15) is 19.4 Å². The van der Waals surface area contributed by atoms with Crippen LogP contribution in [0, 0.1) is 0 Å². The number of sulfonamides is 1. The van der Waals surface area contributed by atoms with Gasteiger partial charge in [0.2, 0.25) is 0 Å². The number of nitrogens with one attached hydrogen (secondary N) is 2. The highest BCUT2D eigenvalue weighted by Crippen LogP contribution is 2.29. The summed E-state index contributed by atoms with van der Waals surface area (Å²) in [5.74, 6) is -0.360. The molecule has 0 saturated heterocycles. The van der Waals surface area contributed by atoms with Gasteiger partial charge in [0.25, 0.3) is 15.9 Å². The van der Waals surface area contributed by atoms with E-state index in [2.05, 4.69) is 15.0 Å². The van der Waals surface area contributed by atoms with E-state index in [9.17, 15) is 18.0 Å². The molecule has 0 aliphatic carbocycles. The van der Waals surface area contributed by atoms with Crippen molar-refractivity contribution in [2.45, 2.75) is 30.9 Å². The number of esters is 1. The molecule has 170 valence electrons. The summed E-state index contributed by atoms with van der Waals surface area (Å²) in [6.45, 7) is 2.87. The number of hydrogen-bond donors (Lipinski definition) is 2. The van der Waals surface area contributed by atoms with E-state index in [4.69, 9.17) is 14.2 Å². The number of nitrogens with zero attached hydrogens (tertiary/aromatic N) is 1. The van der Waals surface area contributed by atoms with Crippen LogP contribution in [0.3, 0.4) is 0 Å². The van der Waals surface area contributed by atoms with E-state index in [1.165, 1.54) is 34.1 Å². The number of benzene rings is 2. The van der Waals surface area contributed by atoms with Crippen LogP contribution in [0.25, 0.3) is 0 Å². The van der Waals surface area contributed by atoms with Gasteiger partial charge in [-0.05, 0) is 38.1 Å². The van der Waals surface area contributed by atoms with Crippen molar-refractivity contribution < 1.29 is 32.2 Å². The van der Waals surface area contributed by atoms with Gasteiger partial charge in [0.05, 0.1) is 19.1 Å². The summed E-state index contributed by atoms with van der Waals surface area (Å²) in [5, 5.41) is 2.63. The molecule has 1 aliphatic heterocycles. The Morgan fingerprint density at radius 2 is 1.72 bits per heavy atom. The first kappa shape index (κ1) is 23.1. The van der Waals surface area contributed by atoms with Crippen molar-refractivity contribution in [3.05, 3.63) is 48.0 Å². The number of rotatable bonds is 7. The fourth-order valence-corrected chi connectivity index (χ4v) is 4.20. The third-order valence-electron chi connectivity index (χ3n) is 4.64. The molecule has 1 amide bonds. The van der Waals surface area contributed by atoms with Crippen LogP contribution in [0.15, 0.2) is 52.4 Å². The Kier molecular flexibility index (Phi) is 6.68. The smallest absolute Gasteiger partial charge is 0.331 e. The molecule has 0 saturated carbocycles. The molecule has 1 unspecified atom stereocenters. The number of anilines is 1. The summed E-state index contributed by atoms with van der Waals surface area (Å²) < 4.78 is 42.2. The average molecular weight is 461 g/mol. The standard InChI is InChI=1S/C21H23N3O7S/c1-12(22-19-15-7-5-6-8-18(15)32(27,28)24-19)21(26)31-13(2)20(25)23-14-9-10-16(29-3)17(11-14)30-4/h5-13H,1-4H3,(H,22,24)(H,23,25)/t12-,13?/m0/s1. The van der Waals surface area contributed by atoms with Gasteiger partial charge >= 0.3 is 5.97 Å². The number of aliphatic imine (C=N–C) groups is 1. The zero-order chi connectivity index (χ0) is 23.5. The van der Waals surface area contributed by atoms with Crippen molar-refractivity contribution in [2.24, 2.45) is 4.99 Å². The lowest BCUT2D eigenvalue weighted by atomic mass is 10.2. The quantitative estimate of drug-likeness (QED) is 0.600. The van der Waals surface area contributed by atoms with Crippen molar-refractivity contribution in [3.63, 3.8) is 0 Å². The lowest BCUT2D eigenvalue weighted by molar-refractivity contribution is -0.153. The molecule has 2 atom stereocenters. The molecule has 0 radical (unpaired) electrons.